The summed E-state index contributed by atoms with van der Waals surface area (Å²) in [7, 11) is 0. The number of hydrogen-bond acceptors (Lipinski definition) is 6. The van der Waals surface area contributed by atoms with Crippen LogP contribution in [0.3, 0.4) is 0 Å². The zero-order chi connectivity index (χ0) is 37.7. The van der Waals surface area contributed by atoms with Gasteiger partial charge in [0.05, 0.1) is 16.8 Å². The van der Waals surface area contributed by atoms with E-state index < -0.39 is 0 Å². The topological polar surface area (TPSA) is 77.6 Å². The molecule has 4 heterocycles. The van der Waals surface area contributed by atoms with E-state index in [0.717, 1.165) is 72.3 Å². The Morgan fingerprint density at radius 3 is 1.60 bits per heavy atom. The largest absolute Gasteiger partial charge is 0.434 e. The molecule has 0 saturated carbocycles. The van der Waals surface area contributed by atoms with Crippen molar-refractivity contribution in [3.63, 3.8) is 0 Å². The molecule has 11 rings (SSSR count). The molecule has 57 heavy (non-hydrogen) atoms. The highest BCUT2D eigenvalue weighted by atomic mass is 16.3. The lowest BCUT2D eigenvalue weighted by Gasteiger charge is -2.11. The van der Waals surface area contributed by atoms with E-state index in [1.165, 1.54) is 21.7 Å². The van der Waals surface area contributed by atoms with E-state index in [2.05, 4.69) is 149 Å². The Balaban J connectivity index is 0.937. The molecule has 0 atom stereocenters. The second-order valence-corrected chi connectivity index (χ2v) is 14.2. The highest BCUT2D eigenvalue weighted by Gasteiger charge is 2.18. The second kappa shape index (κ2) is 13.5. The average molecular weight is 730 g/mol. The molecule has 0 aliphatic heterocycles. The Bertz CT molecular complexity index is 3270. The molecular weight excluding hydrogens is 699 g/mol. The van der Waals surface area contributed by atoms with Crippen LogP contribution in [0.5, 0.6) is 0 Å². The minimum absolute atomic E-state index is 0.526. The smallest absolute Gasteiger partial charge is 0.229 e. The van der Waals surface area contributed by atoms with Crippen molar-refractivity contribution in [1.29, 1.82) is 0 Å². The standard InChI is InChI=1S/C51H31N5O/c1-3-9-32(10-4-1)33-15-19-35(20-16-33)45-29-46(56-50(55-45)37-11-5-2-6-12-37)36-21-17-34(18-22-36)43-28-44-48-49(57-51(44)52-30-43)47(53-31-54-48)41-24-23-40-25-38-13-7-8-14-39(38)26-42(40)27-41/h1-31H. The normalized spacial score (nSPS) is 11.5. The van der Waals surface area contributed by atoms with Crippen LogP contribution in [0.15, 0.2) is 193 Å². The monoisotopic (exact) mass is 729 g/mol. The molecule has 0 amide bonds. The van der Waals surface area contributed by atoms with E-state index in [4.69, 9.17) is 19.4 Å². The Morgan fingerprint density at radius 1 is 0.368 bits per heavy atom. The minimum atomic E-state index is 0.526. The molecule has 0 fully saturated rings. The van der Waals surface area contributed by atoms with E-state index in [-0.39, 0.29) is 0 Å². The van der Waals surface area contributed by atoms with Crippen LogP contribution in [0.2, 0.25) is 0 Å². The summed E-state index contributed by atoms with van der Waals surface area (Å²) in [6, 6.07) is 61.0. The molecule has 0 aliphatic rings. The summed E-state index contributed by atoms with van der Waals surface area (Å²) in [5.74, 6) is 0.680. The number of furan rings is 1. The molecule has 0 radical (unpaired) electrons. The molecule has 6 heteroatoms. The Kier molecular flexibility index (Phi) is 7.71. The third-order valence-electron chi connectivity index (χ3n) is 10.6. The maximum absolute atomic E-state index is 6.36. The summed E-state index contributed by atoms with van der Waals surface area (Å²) >= 11 is 0. The van der Waals surface area contributed by atoms with Crippen molar-refractivity contribution < 1.29 is 4.42 Å². The molecule has 0 bridgehead atoms. The Morgan fingerprint density at radius 2 is 0.912 bits per heavy atom. The minimum Gasteiger partial charge on any atom is -0.434 e. The third-order valence-corrected chi connectivity index (χ3v) is 10.6. The summed E-state index contributed by atoms with van der Waals surface area (Å²) in [4.78, 5) is 24.2. The lowest BCUT2D eigenvalue weighted by Crippen LogP contribution is -1.96. The fourth-order valence-corrected chi connectivity index (χ4v) is 7.67. The quantitative estimate of drug-likeness (QED) is 0.159. The van der Waals surface area contributed by atoms with Crippen LogP contribution in [0.1, 0.15) is 0 Å². The molecule has 0 aliphatic carbocycles. The highest BCUT2D eigenvalue weighted by molar-refractivity contribution is 6.07. The van der Waals surface area contributed by atoms with Crippen LogP contribution in [-0.4, -0.2) is 24.9 Å². The van der Waals surface area contributed by atoms with Crippen molar-refractivity contribution in [2.24, 2.45) is 0 Å². The fourth-order valence-electron chi connectivity index (χ4n) is 7.67. The molecule has 0 spiro atoms. The molecular formula is C51H31N5O. The summed E-state index contributed by atoms with van der Waals surface area (Å²) in [5.41, 5.74) is 12.6. The predicted octanol–water partition coefficient (Wildman–Crippen LogP) is 12.9. The molecule has 0 saturated heterocycles. The van der Waals surface area contributed by atoms with Gasteiger partial charge in [0.2, 0.25) is 5.71 Å². The molecule has 6 nitrogen and oxygen atoms in total. The number of pyridine rings is 1. The van der Waals surface area contributed by atoms with E-state index in [1.54, 1.807) is 6.33 Å². The number of nitrogens with zero attached hydrogens (tertiary/aromatic N) is 5. The zero-order valence-corrected chi connectivity index (χ0v) is 30.5. The maximum atomic E-state index is 6.36. The zero-order valence-electron chi connectivity index (χ0n) is 30.5. The summed E-state index contributed by atoms with van der Waals surface area (Å²) < 4.78 is 6.36. The van der Waals surface area contributed by atoms with Crippen molar-refractivity contribution in [3.05, 3.63) is 188 Å². The summed E-state index contributed by atoms with van der Waals surface area (Å²) in [6.45, 7) is 0. The number of fused-ring (bicyclic) bond motifs is 5. The lowest BCUT2D eigenvalue weighted by molar-refractivity contribution is 0.652. The summed E-state index contributed by atoms with van der Waals surface area (Å²) in [5, 5.41) is 5.58. The second-order valence-electron chi connectivity index (χ2n) is 14.2. The van der Waals surface area contributed by atoms with Crippen molar-refractivity contribution in [2.75, 3.05) is 0 Å². The number of benzene rings is 7. The van der Waals surface area contributed by atoms with Crippen LogP contribution >= 0.6 is 0 Å². The van der Waals surface area contributed by atoms with E-state index in [9.17, 15) is 0 Å². The number of hydrogen-bond donors (Lipinski definition) is 0. The molecule has 11 aromatic rings. The average Bonchev–Trinajstić information content (AvgIpc) is 3.67. The maximum Gasteiger partial charge on any atom is 0.229 e. The van der Waals surface area contributed by atoms with Crippen LogP contribution in [-0.2, 0) is 0 Å². The van der Waals surface area contributed by atoms with Gasteiger partial charge in [0.15, 0.2) is 11.4 Å². The van der Waals surface area contributed by atoms with Gasteiger partial charge in [0, 0.05) is 34.0 Å². The van der Waals surface area contributed by atoms with E-state index >= 15 is 0 Å². The fraction of sp³-hybridized carbons (Fsp3) is 0. The first-order valence-corrected chi connectivity index (χ1v) is 18.9. The van der Waals surface area contributed by atoms with Gasteiger partial charge in [-0.2, -0.15) is 0 Å². The van der Waals surface area contributed by atoms with Gasteiger partial charge in [0.25, 0.3) is 0 Å². The van der Waals surface area contributed by atoms with Crippen LogP contribution in [0.4, 0.5) is 0 Å². The molecule has 266 valence electrons. The van der Waals surface area contributed by atoms with Gasteiger partial charge >= 0.3 is 0 Å². The van der Waals surface area contributed by atoms with Crippen LogP contribution in [0, 0.1) is 0 Å². The van der Waals surface area contributed by atoms with Crippen molar-refractivity contribution in [1.82, 2.24) is 24.9 Å². The van der Waals surface area contributed by atoms with Gasteiger partial charge in [-0.05, 0) is 68.6 Å². The van der Waals surface area contributed by atoms with Gasteiger partial charge in [-0.15, -0.1) is 0 Å². The Labute approximate surface area is 327 Å². The van der Waals surface area contributed by atoms with Crippen LogP contribution < -0.4 is 0 Å². The molecule has 4 aromatic heterocycles. The predicted molar refractivity (Wildman–Crippen MR) is 230 cm³/mol. The van der Waals surface area contributed by atoms with Gasteiger partial charge in [-0.3, -0.25) is 0 Å². The number of rotatable bonds is 6. The number of aromatic nitrogens is 5. The van der Waals surface area contributed by atoms with Crippen molar-refractivity contribution in [2.45, 2.75) is 0 Å². The summed E-state index contributed by atoms with van der Waals surface area (Å²) in [6.07, 6.45) is 3.46. The molecule has 7 aromatic carbocycles. The van der Waals surface area contributed by atoms with Crippen molar-refractivity contribution >= 4 is 43.7 Å². The Hall–Kier alpha value is -7.83. The third kappa shape index (κ3) is 5.97. The van der Waals surface area contributed by atoms with Crippen molar-refractivity contribution in [3.8, 4) is 67.4 Å². The SMILES string of the molecule is c1ccc(-c2ccc(-c3cc(-c4ccc(-c5cnc6oc7c(-c8ccc9cc%10ccccc%10cc9c8)ncnc7c6c5)cc4)nc(-c4ccccc4)n3)cc2)cc1. The first kappa shape index (κ1) is 32.6. The first-order valence-electron chi connectivity index (χ1n) is 18.9. The van der Waals surface area contributed by atoms with E-state index in [1.807, 2.05) is 42.6 Å². The van der Waals surface area contributed by atoms with E-state index in [0.29, 0.717) is 17.1 Å². The molecule has 0 unspecified atom stereocenters. The first-order chi connectivity index (χ1) is 28.2. The van der Waals surface area contributed by atoms with Gasteiger partial charge in [-0.25, -0.2) is 24.9 Å². The highest BCUT2D eigenvalue weighted by Crippen LogP contribution is 2.37. The van der Waals surface area contributed by atoms with Gasteiger partial charge in [0.1, 0.15) is 17.5 Å². The van der Waals surface area contributed by atoms with Crippen LogP contribution in [0.25, 0.3) is 111 Å². The lowest BCUT2D eigenvalue weighted by atomic mass is 10.00. The van der Waals surface area contributed by atoms with Gasteiger partial charge in [-0.1, -0.05) is 146 Å². The van der Waals surface area contributed by atoms with Gasteiger partial charge < -0.3 is 4.42 Å². The molecule has 0 N–H and O–H groups in total.